The second-order valence-corrected chi connectivity index (χ2v) is 25.8. The molecule has 8 unspecified atom stereocenters. The molecule has 7 aliphatic rings. The molecule has 87 heavy (non-hydrogen) atoms. The largest absolute Gasteiger partial charge is 0.385 e. The van der Waals surface area contributed by atoms with E-state index in [0.717, 1.165) is 151 Å². The minimum Gasteiger partial charge on any atom is -0.385 e. The van der Waals surface area contributed by atoms with Crippen LogP contribution in [0.1, 0.15) is 274 Å². The van der Waals surface area contributed by atoms with E-state index in [2.05, 4.69) is 55.4 Å². The van der Waals surface area contributed by atoms with Crippen LogP contribution in [-0.4, -0.2) is 194 Å². The zero-order chi connectivity index (χ0) is 63.3. The van der Waals surface area contributed by atoms with Gasteiger partial charge in [-0.15, -0.1) is 0 Å². The first-order valence-electron chi connectivity index (χ1n) is 36.4. The van der Waals surface area contributed by atoms with E-state index in [1.165, 1.54) is 199 Å². The molecule has 7 fully saturated rings. The van der Waals surface area contributed by atoms with Crippen LogP contribution in [0.4, 0.5) is 0 Å². The lowest BCUT2D eigenvalue weighted by Gasteiger charge is -2.06. The van der Waals surface area contributed by atoms with Gasteiger partial charge in [0, 0.05) is 67.1 Å². The molecule has 0 bridgehead atoms. The van der Waals surface area contributed by atoms with E-state index in [4.69, 9.17) is 71.1 Å². The fourth-order valence-electron chi connectivity index (χ4n) is 8.82. The van der Waals surface area contributed by atoms with Crippen molar-refractivity contribution in [3.63, 3.8) is 0 Å². The number of rotatable bonds is 56. The highest BCUT2D eigenvalue weighted by atomic mass is 16.6. The van der Waals surface area contributed by atoms with Crippen molar-refractivity contribution in [3.05, 3.63) is 0 Å². The molecule has 0 aromatic rings. The van der Waals surface area contributed by atoms with Crippen LogP contribution in [0, 0.1) is 0 Å². The first kappa shape index (κ1) is 84.4. The van der Waals surface area contributed by atoms with E-state index in [9.17, 15) is 0 Å². The maximum atomic E-state index is 5.56. The van der Waals surface area contributed by atoms with Crippen molar-refractivity contribution in [1.29, 1.82) is 0 Å². The van der Waals surface area contributed by atoms with Crippen molar-refractivity contribution in [2.24, 2.45) is 0 Å². The zero-order valence-electron chi connectivity index (χ0n) is 58.8. The van der Waals surface area contributed by atoms with Crippen molar-refractivity contribution in [1.82, 2.24) is 0 Å². The maximum absolute atomic E-state index is 5.56. The molecule has 522 valence electrons. The van der Waals surface area contributed by atoms with Gasteiger partial charge in [0.1, 0.15) is 35.6 Å². The summed E-state index contributed by atoms with van der Waals surface area (Å²) in [6.07, 6.45) is 47.3. The number of hydrogen-bond acceptors (Lipinski definition) is 15. The van der Waals surface area contributed by atoms with Crippen LogP contribution in [0.25, 0.3) is 0 Å². The van der Waals surface area contributed by atoms with Crippen molar-refractivity contribution in [3.8, 4) is 0 Å². The molecule has 7 saturated heterocycles. The van der Waals surface area contributed by atoms with Gasteiger partial charge in [-0.3, -0.25) is 0 Å². The van der Waals surface area contributed by atoms with E-state index < -0.39 is 0 Å². The minimum absolute atomic E-state index is 0.0516. The Hall–Kier alpha value is -0.600. The summed E-state index contributed by atoms with van der Waals surface area (Å²) in [5.41, 5.74) is 0.122. The van der Waals surface area contributed by atoms with E-state index in [-0.39, 0.29) is 11.2 Å². The fraction of sp³-hybridized carbons (Fsp3) is 1.00. The van der Waals surface area contributed by atoms with Gasteiger partial charge in [-0.05, 0) is 78.6 Å². The molecular formula is C72H144O15. The lowest BCUT2D eigenvalue weighted by molar-refractivity contribution is 0.0822. The SMILES string of the molecule is CCCCCCCCCC1CO1.CCCCCCCCCOCC1(C)CO1.CCCCCCCOCC1CO1.CCCCCOCC1OC1C.CCCOCC1CO1.COCCCCCCCCOCC1CO1.COCCCCCCOCC1(C)CO1. The van der Waals surface area contributed by atoms with Gasteiger partial charge in [-0.25, -0.2) is 0 Å². The molecule has 7 heterocycles. The summed E-state index contributed by atoms with van der Waals surface area (Å²) in [6, 6.07) is 0. The molecule has 0 N–H and O–H groups in total. The predicted octanol–water partition coefficient (Wildman–Crippen LogP) is 16.6. The molecule has 0 aromatic heterocycles. The Kier molecular flexibility index (Phi) is 61.0. The molecule has 0 spiro atoms. The van der Waals surface area contributed by atoms with E-state index in [1.54, 1.807) is 14.2 Å². The highest BCUT2D eigenvalue weighted by Crippen LogP contribution is 2.27. The van der Waals surface area contributed by atoms with Crippen LogP contribution in [0.5, 0.6) is 0 Å². The Balaban J connectivity index is 0.000000511. The van der Waals surface area contributed by atoms with Gasteiger partial charge in [0.05, 0.1) is 91.5 Å². The van der Waals surface area contributed by atoms with Crippen LogP contribution >= 0.6 is 0 Å². The molecule has 0 aromatic carbocycles. The Morgan fingerprint density at radius 1 is 0.322 bits per heavy atom. The number of unbranched alkanes of at least 4 members (excludes halogenated alkanes) is 26. The molecule has 0 radical (unpaired) electrons. The minimum atomic E-state index is 0.0516. The number of ether oxygens (including phenoxy) is 15. The van der Waals surface area contributed by atoms with Crippen LogP contribution in [0.15, 0.2) is 0 Å². The normalized spacial score (nSPS) is 23.5. The Bertz CT molecular complexity index is 1320. The molecule has 0 aliphatic carbocycles. The standard InChI is InChI=1S/C13H26O2.C12H24O3.C11H22O3.C11H22O.C10H20O2.C9H18O2.C6H12O2/c1-3-4-5-6-7-8-9-10-14-11-13(2)12-15-13;1-13-8-6-4-2-3-5-7-9-14-10-12-11-15-12;1-11(10-14-11)9-13-8-6-4-3-5-7-12-2;1-2-3-4-5-6-7-8-9-11-10-12-11;1-2-3-4-5-6-7-11-8-10-9-12-10;1-3-4-5-6-10-7-9-8(2)11-9;1-2-3-7-4-6-5-8-6/h3-12H2,1-2H3;12H,2-11H2,1H3;3-10H2,1-2H3;11H,2-10H2,1H3;10H,2-9H2,1H3;8-9H,3-7H2,1-2H3;6H,2-5H2,1H3. The highest BCUT2D eigenvalue weighted by molar-refractivity contribution is 4.87. The quantitative estimate of drug-likeness (QED) is 0.0417. The summed E-state index contributed by atoms with van der Waals surface area (Å²) in [6.45, 7) is 34.8. The topological polar surface area (TPSA) is 162 Å². The van der Waals surface area contributed by atoms with Gasteiger partial charge >= 0.3 is 0 Å². The highest BCUT2D eigenvalue weighted by Gasteiger charge is 2.40. The zero-order valence-corrected chi connectivity index (χ0v) is 58.8. The van der Waals surface area contributed by atoms with Crippen LogP contribution in [-0.2, 0) is 71.1 Å². The van der Waals surface area contributed by atoms with Crippen molar-refractivity contribution in [2.45, 2.75) is 322 Å². The average Bonchev–Trinajstić information content (AvgIpc) is 4.46. The third-order valence-corrected chi connectivity index (χ3v) is 15.7. The number of hydrogen-bond donors (Lipinski definition) is 0. The monoisotopic (exact) mass is 1250 g/mol. The molecule has 0 saturated carbocycles. The lowest BCUT2D eigenvalue weighted by atomic mass is 10.1. The summed E-state index contributed by atoms with van der Waals surface area (Å²) in [7, 11) is 3.51. The average molecular weight is 1250 g/mol. The Morgan fingerprint density at radius 3 is 0.885 bits per heavy atom. The molecule has 7 rings (SSSR count). The van der Waals surface area contributed by atoms with E-state index >= 15 is 0 Å². The summed E-state index contributed by atoms with van der Waals surface area (Å²) < 4.78 is 78.3. The Labute approximate surface area is 536 Å². The fourth-order valence-corrected chi connectivity index (χ4v) is 8.82. The molecular weight excluding hydrogens is 1100 g/mol. The maximum Gasteiger partial charge on any atom is 0.112 e. The first-order valence-corrected chi connectivity index (χ1v) is 36.4. The molecule has 15 heteroatoms. The molecule has 0 amide bonds. The predicted molar refractivity (Wildman–Crippen MR) is 356 cm³/mol. The van der Waals surface area contributed by atoms with Crippen LogP contribution in [0.2, 0.25) is 0 Å². The second-order valence-electron chi connectivity index (χ2n) is 25.8. The third kappa shape index (κ3) is 69.6. The number of methoxy groups -OCH3 is 2. The van der Waals surface area contributed by atoms with E-state index in [1.807, 2.05) is 0 Å². The van der Waals surface area contributed by atoms with Gasteiger partial charge in [0.15, 0.2) is 0 Å². The summed E-state index contributed by atoms with van der Waals surface area (Å²) in [4.78, 5) is 0. The Morgan fingerprint density at radius 2 is 0.586 bits per heavy atom. The second kappa shape index (κ2) is 62.8. The van der Waals surface area contributed by atoms with Gasteiger partial charge < -0.3 is 71.1 Å². The van der Waals surface area contributed by atoms with E-state index in [0.29, 0.717) is 36.6 Å². The lowest BCUT2D eigenvalue weighted by Crippen LogP contribution is -2.14. The van der Waals surface area contributed by atoms with Gasteiger partial charge in [-0.1, -0.05) is 195 Å². The van der Waals surface area contributed by atoms with Gasteiger partial charge in [0.25, 0.3) is 0 Å². The van der Waals surface area contributed by atoms with Crippen molar-refractivity contribution in [2.75, 3.05) is 146 Å². The van der Waals surface area contributed by atoms with Crippen LogP contribution < -0.4 is 0 Å². The molecule has 7 aliphatic heterocycles. The van der Waals surface area contributed by atoms with Gasteiger partial charge in [0.2, 0.25) is 0 Å². The third-order valence-electron chi connectivity index (χ3n) is 15.7. The number of epoxide rings is 7. The van der Waals surface area contributed by atoms with Crippen LogP contribution in [0.3, 0.4) is 0 Å². The molecule has 8 atom stereocenters. The molecule has 15 nitrogen and oxygen atoms in total. The van der Waals surface area contributed by atoms with Crippen molar-refractivity contribution >= 4 is 0 Å². The summed E-state index contributed by atoms with van der Waals surface area (Å²) in [5, 5.41) is 0. The van der Waals surface area contributed by atoms with Crippen molar-refractivity contribution < 1.29 is 71.1 Å². The smallest absolute Gasteiger partial charge is 0.112 e. The van der Waals surface area contributed by atoms with Gasteiger partial charge in [-0.2, -0.15) is 0 Å². The first-order chi connectivity index (χ1) is 42.6. The summed E-state index contributed by atoms with van der Waals surface area (Å²) in [5.74, 6) is 0. The summed E-state index contributed by atoms with van der Waals surface area (Å²) >= 11 is 0.